The molecule has 12 heteroatoms. The summed E-state index contributed by atoms with van der Waals surface area (Å²) < 4.78 is 0. The van der Waals surface area contributed by atoms with Crippen LogP contribution in [0.15, 0.2) is 0 Å². The zero-order valence-corrected chi connectivity index (χ0v) is 20.3. The maximum absolute atomic E-state index is 10.1. The smallest absolute Gasteiger partial charge is 0.550 e. The summed E-state index contributed by atoms with van der Waals surface area (Å²) in [5.41, 5.74) is 0. The molecule has 0 spiro atoms. The molecule has 4 amide bonds. The van der Waals surface area contributed by atoms with E-state index in [9.17, 15) is 39.0 Å². The summed E-state index contributed by atoms with van der Waals surface area (Å²) in [6.07, 6.45) is 4.22. The Bertz CT molecular complexity index is 479. The topological polar surface area (TPSA) is 173 Å². The van der Waals surface area contributed by atoms with E-state index in [1.165, 1.54) is 0 Å². The summed E-state index contributed by atoms with van der Waals surface area (Å²) in [5.74, 6) is -2.69. The molecule has 2 heterocycles. The Morgan fingerprint density at radius 2 is 0.857 bits per heavy atom. The Labute approximate surface area is 207 Å². The van der Waals surface area contributed by atoms with Crippen LogP contribution in [0.4, 0.5) is 0 Å². The van der Waals surface area contributed by atoms with Crippen LogP contribution in [0, 0.1) is 0 Å². The molecule has 2 saturated heterocycles. The molecule has 0 unspecified atom stereocenters. The van der Waals surface area contributed by atoms with E-state index >= 15 is 0 Å². The van der Waals surface area contributed by atoms with Crippen molar-refractivity contribution in [1.82, 2.24) is 10.6 Å². The predicted molar refractivity (Wildman–Crippen MR) is 82.5 cm³/mol. The largest absolute Gasteiger partial charge is 1.00 e. The second kappa shape index (κ2) is 19.5. The fraction of sp³-hybridized carbons (Fsp3) is 0.625. The fourth-order valence-electron chi connectivity index (χ4n) is 1.91. The van der Waals surface area contributed by atoms with E-state index in [-0.39, 0.29) is 95.6 Å². The van der Waals surface area contributed by atoms with Gasteiger partial charge >= 0.3 is 59.1 Å². The van der Waals surface area contributed by atoms with Crippen molar-refractivity contribution in [2.45, 2.75) is 64.2 Å². The third-order valence-electron chi connectivity index (χ3n) is 3.23. The second-order valence-corrected chi connectivity index (χ2v) is 5.60. The monoisotopic (exact) mass is 416 g/mol. The zero-order valence-electron chi connectivity index (χ0n) is 16.3. The molecule has 10 nitrogen and oxygen atoms in total. The molecule has 2 N–H and O–H groups in total. The van der Waals surface area contributed by atoms with E-state index in [2.05, 4.69) is 10.6 Å². The number of rotatable bonds is 7. The Balaban J connectivity index is -0.000000339. The van der Waals surface area contributed by atoms with Gasteiger partial charge < -0.3 is 19.8 Å². The quantitative estimate of drug-likeness (QED) is 0.234. The molecule has 0 atom stereocenters. The minimum atomic E-state index is -1.05. The van der Waals surface area contributed by atoms with Crippen molar-refractivity contribution in [3.8, 4) is 0 Å². The van der Waals surface area contributed by atoms with E-state index in [0.717, 1.165) is 12.8 Å². The van der Waals surface area contributed by atoms with Crippen molar-refractivity contribution >= 4 is 35.6 Å². The molecule has 0 aliphatic carbocycles. The van der Waals surface area contributed by atoms with Gasteiger partial charge in [0.25, 0.3) is 0 Å². The number of carbonyl (C=O) groups is 6. The van der Waals surface area contributed by atoms with Crippen LogP contribution in [-0.2, 0) is 28.8 Å². The Morgan fingerprint density at radius 3 is 1.00 bits per heavy atom. The second-order valence-electron chi connectivity index (χ2n) is 5.60. The van der Waals surface area contributed by atoms with Crippen LogP contribution in [0.25, 0.3) is 0 Å². The summed E-state index contributed by atoms with van der Waals surface area (Å²) in [7, 11) is 0. The molecule has 0 aromatic carbocycles. The van der Waals surface area contributed by atoms with Crippen molar-refractivity contribution in [2.24, 2.45) is 0 Å². The Morgan fingerprint density at radius 1 is 0.607 bits per heavy atom. The van der Waals surface area contributed by atoms with Crippen molar-refractivity contribution in [1.29, 1.82) is 0 Å². The fourth-order valence-corrected chi connectivity index (χ4v) is 1.91. The van der Waals surface area contributed by atoms with Gasteiger partial charge in [-0.1, -0.05) is 12.8 Å². The van der Waals surface area contributed by atoms with Crippen LogP contribution in [0.2, 0.25) is 0 Å². The number of unbranched alkanes of at least 4 members (excludes halogenated alkanes) is 3. The number of aliphatic carboxylic acids is 2. The number of imide groups is 2. The minimum absolute atomic E-state index is 0. The van der Waals surface area contributed by atoms with Crippen molar-refractivity contribution in [2.75, 3.05) is 0 Å². The van der Waals surface area contributed by atoms with Crippen molar-refractivity contribution in [3.63, 3.8) is 0 Å². The molecule has 2 fully saturated rings. The first-order chi connectivity index (χ1) is 12.2. The molecule has 0 bridgehead atoms. The first-order valence-electron chi connectivity index (χ1n) is 8.25. The summed E-state index contributed by atoms with van der Waals surface area (Å²) >= 11 is 0. The van der Waals surface area contributed by atoms with E-state index in [0.29, 0.717) is 38.5 Å². The van der Waals surface area contributed by atoms with Crippen LogP contribution in [0.5, 0.6) is 0 Å². The average Bonchev–Trinajstić information content (AvgIpc) is 3.10. The molecule has 2 aliphatic rings. The standard InChI is InChI=1S/C8H14O4.2C4H5NO2.2Na/c9-7(10)5-3-1-2-4-6-8(11)12;2*6-3-1-2-4(7)5-3;;/h1-6H2,(H,9,10)(H,11,12);2*1-2H2,(H,5,6,7);;/q;;;2*+1/p-2. The summed E-state index contributed by atoms with van der Waals surface area (Å²) in [6, 6.07) is 0. The van der Waals surface area contributed by atoms with Gasteiger partial charge in [-0.25, -0.2) is 0 Å². The number of carbonyl (C=O) groups excluding carboxylic acids is 6. The molecule has 2 rings (SSSR count). The van der Waals surface area contributed by atoms with Crippen LogP contribution in [0.1, 0.15) is 64.2 Å². The molecule has 0 aromatic heterocycles. The van der Waals surface area contributed by atoms with Gasteiger partial charge in [0, 0.05) is 37.6 Å². The van der Waals surface area contributed by atoms with Crippen LogP contribution >= 0.6 is 0 Å². The van der Waals surface area contributed by atoms with E-state index in [4.69, 9.17) is 0 Å². The molecule has 0 radical (unpaired) electrons. The van der Waals surface area contributed by atoms with Gasteiger partial charge in [-0.15, -0.1) is 0 Å². The molecule has 28 heavy (non-hydrogen) atoms. The molecule has 0 saturated carbocycles. The normalized spacial score (nSPS) is 14.1. The molecular formula is C16H22N2Na2O8. The maximum Gasteiger partial charge on any atom is 1.00 e. The van der Waals surface area contributed by atoms with Crippen LogP contribution in [0.3, 0.4) is 0 Å². The van der Waals surface area contributed by atoms with Gasteiger partial charge in [0.15, 0.2) is 0 Å². The van der Waals surface area contributed by atoms with Crippen LogP contribution < -0.4 is 80.0 Å². The van der Waals surface area contributed by atoms with Gasteiger partial charge in [-0.05, 0) is 25.7 Å². The molecule has 2 aliphatic heterocycles. The van der Waals surface area contributed by atoms with E-state index in [1.54, 1.807) is 0 Å². The number of amides is 4. The average molecular weight is 416 g/mol. The van der Waals surface area contributed by atoms with Gasteiger partial charge in [-0.2, -0.15) is 0 Å². The third kappa shape index (κ3) is 21.5. The van der Waals surface area contributed by atoms with Crippen molar-refractivity contribution in [3.05, 3.63) is 0 Å². The van der Waals surface area contributed by atoms with Gasteiger partial charge in [0.05, 0.1) is 0 Å². The van der Waals surface area contributed by atoms with Gasteiger partial charge in [-0.3, -0.25) is 29.8 Å². The first kappa shape index (κ1) is 31.9. The minimum Gasteiger partial charge on any atom is -0.550 e. The maximum atomic E-state index is 10.1. The first-order valence-corrected chi connectivity index (χ1v) is 8.25. The number of hydrogen-bond acceptors (Lipinski definition) is 8. The Kier molecular flexibility index (Phi) is 22.3. The number of nitrogens with one attached hydrogen (secondary N) is 2. The number of carboxylic acid groups (broad SMARTS) is 2. The number of hydrogen-bond donors (Lipinski definition) is 2. The third-order valence-corrected chi connectivity index (χ3v) is 3.23. The van der Waals surface area contributed by atoms with E-state index < -0.39 is 11.9 Å². The summed E-state index contributed by atoms with van der Waals surface area (Å²) in [5, 5.41) is 24.1. The summed E-state index contributed by atoms with van der Waals surface area (Å²) in [4.78, 5) is 60.3. The SMILES string of the molecule is O=C([O-])CCCCCCC(=O)[O-].O=C1CCC(=O)N1.O=C1CCC(=O)N1.[Na+].[Na+]. The number of carboxylic acids is 2. The van der Waals surface area contributed by atoms with Crippen LogP contribution in [-0.4, -0.2) is 35.6 Å². The molecular weight excluding hydrogens is 394 g/mol. The molecule has 146 valence electrons. The summed E-state index contributed by atoms with van der Waals surface area (Å²) in [6.45, 7) is 0. The van der Waals surface area contributed by atoms with Crippen molar-refractivity contribution < 1.29 is 98.1 Å². The Hall–Kier alpha value is -0.780. The van der Waals surface area contributed by atoms with E-state index in [1.807, 2.05) is 0 Å². The zero-order chi connectivity index (χ0) is 19.9. The van der Waals surface area contributed by atoms with Gasteiger partial charge in [0.2, 0.25) is 23.6 Å². The molecule has 0 aromatic rings. The van der Waals surface area contributed by atoms with Gasteiger partial charge in [0.1, 0.15) is 0 Å². The predicted octanol–water partition coefficient (Wildman–Crippen LogP) is -8.32.